The standard InChI is InChI=1S/C20H27F3N6.HI/c1-24-18(25-10-2-3-11-29-14-27-28-15-29)26-13-19(8-5-9-19)16-6-4-7-17(12-16)20(21,22)23;/h4,6-7,12,14-15H,2-3,5,8-11,13H2,1H3,(H2,24,25,26);1H. The fourth-order valence-electron chi connectivity index (χ4n) is 3.63. The molecule has 0 bridgehead atoms. The smallest absolute Gasteiger partial charge is 0.356 e. The first-order valence-electron chi connectivity index (χ1n) is 9.88. The SMILES string of the molecule is CN=C(NCCCCn1cnnc1)NCC1(c2cccc(C(F)(F)F)c2)CCC1.I. The maximum Gasteiger partial charge on any atom is 0.416 e. The number of aliphatic imine (C=N–C) groups is 1. The summed E-state index contributed by atoms with van der Waals surface area (Å²) in [5.41, 5.74) is -0.111. The second-order valence-corrected chi connectivity index (χ2v) is 7.47. The van der Waals surface area contributed by atoms with Crippen molar-refractivity contribution in [1.82, 2.24) is 25.4 Å². The number of aryl methyl sites for hydroxylation is 1. The topological polar surface area (TPSA) is 67.1 Å². The minimum absolute atomic E-state index is 0. The normalized spacial score (nSPS) is 15.8. The molecule has 0 amide bonds. The minimum Gasteiger partial charge on any atom is -0.356 e. The van der Waals surface area contributed by atoms with Gasteiger partial charge in [0, 0.05) is 32.1 Å². The first-order valence-corrected chi connectivity index (χ1v) is 9.88. The van der Waals surface area contributed by atoms with Gasteiger partial charge in [0.1, 0.15) is 12.7 Å². The maximum absolute atomic E-state index is 13.1. The molecule has 6 nitrogen and oxygen atoms in total. The van der Waals surface area contributed by atoms with Crippen molar-refractivity contribution >= 4 is 29.9 Å². The third-order valence-corrected chi connectivity index (χ3v) is 5.53. The summed E-state index contributed by atoms with van der Waals surface area (Å²) in [6.45, 7) is 2.19. The van der Waals surface area contributed by atoms with E-state index in [0.717, 1.165) is 56.8 Å². The van der Waals surface area contributed by atoms with E-state index in [4.69, 9.17) is 0 Å². The van der Waals surface area contributed by atoms with Crippen LogP contribution in [0.1, 0.15) is 43.2 Å². The Morgan fingerprint density at radius 1 is 1.17 bits per heavy atom. The average molecular weight is 536 g/mol. The molecule has 0 spiro atoms. The number of halogens is 4. The number of unbranched alkanes of at least 4 members (excludes halogenated alkanes) is 1. The Labute approximate surface area is 191 Å². The molecule has 0 unspecified atom stereocenters. The molecule has 0 radical (unpaired) electrons. The van der Waals surface area contributed by atoms with Crippen LogP contribution in [0, 0.1) is 0 Å². The number of alkyl halides is 3. The van der Waals surface area contributed by atoms with Gasteiger partial charge in [-0.25, -0.2) is 0 Å². The van der Waals surface area contributed by atoms with Gasteiger partial charge in [-0.3, -0.25) is 4.99 Å². The first-order chi connectivity index (χ1) is 13.9. The van der Waals surface area contributed by atoms with Gasteiger partial charge in [-0.05, 0) is 37.3 Å². The summed E-state index contributed by atoms with van der Waals surface area (Å²) in [7, 11) is 1.70. The highest BCUT2D eigenvalue weighted by Gasteiger charge is 2.40. The van der Waals surface area contributed by atoms with E-state index in [1.807, 2.05) is 4.57 Å². The van der Waals surface area contributed by atoms with Crippen LogP contribution < -0.4 is 10.6 Å². The number of nitrogens with zero attached hydrogens (tertiary/aromatic N) is 4. The van der Waals surface area contributed by atoms with Crippen LogP contribution in [0.2, 0.25) is 0 Å². The van der Waals surface area contributed by atoms with Gasteiger partial charge in [0.05, 0.1) is 5.56 Å². The zero-order chi connectivity index (χ0) is 20.7. The fraction of sp³-hybridized carbons (Fsp3) is 0.550. The van der Waals surface area contributed by atoms with Crippen LogP contribution in [0.25, 0.3) is 0 Å². The molecule has 2 N–H and O–H groups in total. The zero-order valence-electron chi connectivity index (χ0n) is 17.0. The Kier molecular flexibility index (Phi) is 8.92. The minimum atomic E-state index is -4.32. The van der Waals surface area contributed by atoms with Gasteiger partial charge in [-0.15, -0.1) is 34.2 Å². The lowest BCUT2D eigenvalue weighted by atomic mass is 9.64. The maximum atomic E-state index is 13.1. The van der Waals surface area contributed by atoms with E-state index < -0.39 is 11.7 Å². The monoisotopic (exact) mass is 536 g/mol. The Hall–Kier alpha value is -1.85. The van der Waals surface area contributed by atoms with Crippen LogP contribution in [0.5, 0.6) is 0 Å². The molecule has 1 saturated carbocycles. The van der Waals surface area contributed by atoms with Crippen LogP contribution in [-0.4, -0.2) is 40.9 Å². The van der Waals surface area contributed by atoms with E-state index >= 15 is 0 Å². The third kappa shape index (κ3) is 6.32. The summed E-state index contributed by atoms with van der Waals surface area (Å²) in [4.78, 5) is 4.24. The molecule has 1 heterocycles. The lowest BCUT2D eigenvalue weighted by molar-refractivity contribution is -0.137. The Morgan fingerprint density at radius 2 is 1.90 bits per heavy atom. The van der Waals surface area contributed by atoms with Crippen molar-refractivity contribution in [3.63, 3.8) is 0 Å². The van der Waals surface area contributed by atoms with E-state index in [1.165, 1.54) is 12.1 Å². The quantitative estimate of drug-likeness (QED) is 0.232. The van der Waals surface area contributed by atoms with Crippen molar-refractivity contribution in [1.29, 1.82) is 0 Å². The van der Waals surface area contributed by atoms with Gasteiger partial charge in [0.15, 0.2) is 5.96 Å². The second-order valence-electron chi connectivity index (χ2n) is 7.47. The van der Waals surface area contributed by atoms with Gasteiger partial charge in [0.25, 0.3) is 0 Å². The summed E-state index contributed by atoms with van der Waals surface area (Å²) in [5.74, 6) is 0.674. The van der Waals surface area contributed by atoms with Crippen molar-refractivity contribution in [2.75, 3.05) is 20.1 Å². The van der Waals surface area contributed by atoms with Crippen molar-refractivity contribution in [3.05, 3.63) is 48.0 Å². The second kappa shape index (κ2) is 11.0. The molecule has 166 valence electrons. The van der Waals surface area contributed by atoms with E-state index in [9.17, 15) is 13.2 Å². The largest absolute Gasteiger partial charge is 0.416 e. The lowest BCUT2D eigenvalue weighted by Crippen LogP contribution is -2.49. The van der Waals surface area contributed by atoms with Gasteiger partial charge in [-0.1, -0.05) is 24.6 Å². The summed E-state index contributed by atoms with van der Waals surface area (Å²) < 4.78 is 41.2. The van der Waals surface area contributed by atoms with E-state index in [1.54, 1.807) is 25.8 Å². The highest BCUT2D eigenvalue weighted by Crippen LogP contribution is 2.44. The molecular formula is C20H28F3IN6. The molecule has 10 heteroatoms. The first kappa shape index (κ1) is 24.4. The molecule has 2 aromatic rings. The van der Waals surface area contributed by atoms with Crippen molar-refractivity contribution < 1.29 is 13.2 Å². The molecule has 1 fully saturated rings. The van der Waals surface area contributed by atoms with E-state index in [0.29, 0.717) is 12.5 Å². The average Bonchev–Trinajstić information content (AvgIpc) is 3.18. The molecule has 1 aromatic carbocycles. The molecule has 30 heavy (non-hydrogen) atoms. The number of hydrogen-bond acceptors (Lipinski definition) is 3. The molecule has 0 atom stereocenters. The Morgan fingerprint density at radius 3 is 2.50 bits per heavy atom. The number of guanidine groups is 1. The van der Waals surface area contributed by atoms with Gasteiger partial charge in [0.2, 0.25) is 0 Å². The molecule has 1 aliphatic rings. The van der Waals surface area contributed by atoms with E-state index in [-0.39, 0.29) is 29.4 Å². The summed E-state index contributed by atoms with van der Waals surface area (Å²) in [6.07, 6.45) is 3.77. The third-order valence-electron chi connectivity index (χ3n) is 5.53. The fourth-order valence-corrected chi connectivity index (χ4v) is 3.63. The van der Waals surface area contributed by atoms with E-state index in [2.05, 4.69) is 25.8 Å². The predicted octanol–water partition coefficient (Wildman–Crippen LogP) is 3.98. The summed E-state index contributed by atoms with van der Waals surface area (Å²) >= 11 is 0. The molecule has 1 aromatic heterocycles. The van der Waals surface area contributed by atoms with Crippen LogP contribution in [-0.2, 0) is 18.1 Å². The van der Waals surface area contributed by atoms with Crippen LogP contribution >= 0.6 is 24.0 Å². The lowest BCUT2D eigenvalue weighted by Gasteiger charge is -2.43. The highest BCUT2D eigenvalue weighted by atomic mass is 127. The molecule has 0 aliphatic heterocycles. The van der Waals surface area contributed by atoms with Crippen molar-refractivity contribution in [3.8, 4) is 0 Å². The van der Waals surface area contributed by atoms with Crippen LogP contribution in [0.3, 0.4) is 0 Å². The molecule has 1 aliphatic carbocycles. The van der Waals surface area contributed by atoms with Crippen LogP contribution in [0.4, 0.5) is 13.2 Å². The predicted molar refractivity (Wildman–Crippen MR) is 121 cm³/mol. The molecule has 3 rings (SSSR count). The van der Waals surface area contributed by atoms with Gasteiger partial charge < -0.3 is 15.2 Å². The van der Waals surface area contributed by atoms with Crippen LogP contribution in [0.15, 0.2) is 41.9 Å². The highest BCUT2D eigenvalue weighted by molar-refractivity contribution is 14.0. The molecule has 0 saturated heterocycles. The number of aromatic nitrogens is 3. The van der Waals surface area contributed by atoms with Crippen molar-refractivity contribution in [2.45, 2.75) is 50.2 Å². The number of nitrogens with one attached hydrogen (secondary N) is 2. The number of benzene rings is 1. The Balaban J connectivity index is 0.00000320. The van der Waals surface area contributed by atoms with Gasteiger partial charge in [-0.2, -0.15) is 13.2 Å². The number of rotatable bonds is 8. The Bertz CT molecular complexity index is 803. The molecular weight excluding hydrogens is 508 g/mol. The number of hydrogen-bond donors (Lipinski definition) is 2. The van der Waals surface area contributed by atoms with Gasteiger partial charge >= 0.3 is 6.18 Å². The summed E-state index contributed by atoms with van der Waals surface area (Å²) in [5, 5.41) is 14.1. The zero-order valence-corrected chi connectivity index (χ0v) is 19.3. The summed E-state index contributed by atoms with van der Waals surface area (Å²) in [6, 6.07) is 5.73. The van der Waals surface area contributed by atoms with Crippen molar-refractivity contribution in [2.24, 2.45) is 4.99 Å².